The summed E-state index contributed by atoms with van der Waals surface area (Å²) in [5, 5.41) is 11.9. The number of amides is 1. The minimum absolute atomic E-state index is 0.00347. The summed E-state index contributed by atoms with van der Waals surface area (Å²) in [6.45, 7) is 10.1. The van der Waals surface area contributed by atoms with Gasteiger partial charge in [0, 0.05) is 24.0 Å². The van der Waals surface area contributed by atoms with Crippen LogP contribution in [0.3, 0.4) is 0 Å². The first-order chi connectivity index (χ1) is 10.4. The number of hydrogen-bond donors (Lipinski definition) is 3. The summed E-state index contributed by atoms with van der Waals surface area (Å²) in [6.07, 6.45) is 6.68. The molecule has 2 atom stereocenters. The standard InChI is InChI=1S/C10H13ClN2O.C7H14O/c1-6(2)4-8-5-12-10(14)9(8)7(3)13-11;1-6-4-2-3-5-7(6)8/h4,13H,1,5H2,2-3H3,(H,12,14);6-8H,2-5H2,1H3/b8-4-,9-7-;/t;6-,7+/m.1/s1. The lowest BCUT2D eigenvalue weighted by molar-refractivity contribution is -0.116. The van der Waals surface area contributed by atoms with Crippen LogP contribution in [0.4, 0.5) is 0 Å². The number of rotatable bonds is 2. The van der Waals surface area contributed by atoms with Crippen LogP contribution in [0.25, 0.3) is 0 Å². The summed E-state index contributed by atoms with van der Waals surface area (Å²) in [4.78, 5) is 13.9. The third-order valence-corrected chi connectivity index (χ3v) is 4.27. The average molecular weight is 327 g/mol. The van der Waals surface area contributed by atoms with Crippen LogP contribution in [0.5, 0.6) is 0 Å². The maximum atomic E-state index is 11.4. The summed E-state index contributed by atoms with van der Waals surface area (Å²) in [5.74, 6) is 0.465. The van der Waals surface area contributed by atoms with E-state index in [4.69, 9.17) is 11.8 Å². The Morgan fingerprint density at radius 2 is 2.05 bits per heavy atom. The molecule has 0 spiro atoms. The predicted molar refractivity (Wildman–Crippen MR) is 91.2 cm³/mol. The monoisotopic (exact) mass is 326 g/mol. The van der Waals surface area contributed by atoms with Gasteiger partial charge in [-0.2, -0.15) is 0 Å². The molecule has 0 aromatic carbocycles. The number of nitrogens with one attached hydrogen (secondary N) is 2. The van der Waals surface area contributed by atoms with Crippen molar-refractivity contribution in [3.8, 4) is 0 Å². The van der Waals surface area contributed by atoms with E-state index < -0.39 is 0 Å². The Bertz CT molecular complexity index is 473. The Morgan fingerprint density at radius 1 is 1.41 bits per heavy atom. The van der Waals surface area contributed by atoms with Crippen molar-refractivity contribution in [2.24, 2.45) is 5.92 Å². The molecule has 124 valence electrons. The van der Waals surface area contributed by atoms with Crippen LogP contribution in [0.15, 0.2) is 35.1 Å². The zero-order valence-electron chi connectivity index (χ0n) is 13.7. The highest BCUT2D eigenvalue weighted by Gasteiger charge is 2.24. The molecule has 1 heterocycles. The minimum atomic E-state index is -0.0943. The molecule has 0 aromatic heterocycles. The summed E-state index contributed by atoms with van der Waals surface area (Å²) >= 11 is 5.46. The molecular formula is C17H27ClN2O2. The lowest BCUT2D eigenvalue weighted by Gasteiger charge is -2.23. The van der Waals surface area contributed by atoms with Crippen molar-refractivity contribution in [3.05, 3.63) is 35.1 Å². The van der Waals surface area contributed by atoms with E-state index in [9.17, 15) is 9.90 Å². The summed E-state index contributed by atoms with van der Waals surface area (Å²) in [5.41, 5.74) is 3.11. The number of allylic oxidation sites excluding steroid dienone is 3. The van der Waals surface area contributed by atoms with E-state index >= 15 is 0 Å². The molecule has 2 aliphatic rings. The van der Waals surface area contributed by atoms with Gasteiger partial charge in [0.05, 0.1) is 11.7 Å². The molecular weight excluding hydrogens is 300 g/mol. The number of carbonyl (C=O) groups excluding carboxylic acids is 1. The highest BCUT2D eigenvalue weighted by molar-refractivity contribution is 6.15. The van der Waals surface area contributed by atoms with E-state index in [1.165, 1.54) is 19.3 Å². The molecule has 0 unspecified atom stereocenters. The van der Waals surface area contributed by atoms with E-state index in [1.807, 2.05) is 13.0 Å². The van der Waals surface area contributed by atoms with Gasteiger partial charge in [-0.3, -0.25) is 4.79 Å². The Kier molecular flexibility index (Phi) is 7.69. The molecule has 3 N–H and O–H groups in total. The SMILES string of the molecule is C=C(C)/C=C1/CNC(=O)/C1=C(/C)NCl.C[C@@H]1CCCC[C@@H]1O. The van der Waals surface area contributed by atoms with Gasteiger partial charge >= 0.3 is 0 Å². The number of carbonyl (C=O) groups is 1. The lowest BCUT2D eigenvalue weighted by atomic mass is 9.88. The largest absolute Gasteiger partial charge is 0.393 e. The van der Waals surface area contributed by atoms with Crippen LogP contribution in [0, 0.1) is 5.92 Å². The van der Waals surface area contributed by atoms with Gasteiger partial charge in [-0.05, 0) is 38.2 Å². The Labute approximate surface area is 138 Å². The highest BCUT2D eigenvalue weighted by Crippen LogP contribution is 2.23. The van der Waals surface area contributed by atoms with Gasteiger partial charge in [-0.15, -0.1) is 0 Å². The molecule has 1 saturated carbocycles. The molecule has 0 radical (unpaired) electrons. The van der Waals surface area contributed by atoms with Gasteiger partial charge in [0.25, 0.3) is 5.91 Å². The topological polar surface area (TPSA) is 61.4 Å². The maximum Gasteiger partial charge on any atom is 0.253 e. The van der Waals surface area contributed by atoms with Crippen molar-refractivity contribution in [2.75, 3.05) is 6.54 Å². The van der Waals surface area contributed by atoms with Crippen molar-refractivity contribution in [1.29, 1.82) is 0 Å². The fraction of sp³-hybridized carbons (Fsp3) is 0.588. The van der Waals surface area contributed by atoms with Crippen molar-refractivity contribution in [2.45, 2.75) is 52.6 Å². The Hall–Kier alpha value is -1.26. The molecule has 5 heteroatoms. The van der Waals surface area contributed by atoms with Crippen molar-refractivity contribution in [1.82, 2.24) is 10.2 Å². The van der Waals surface area contributed by atoms with Crippen molar-refractivity contribution in [3.63, 3.8) is 0 Å². The smallest absolute Gasteiger partial charge is 0.253 e. The molecule has 1 saturated heterocycles. The zero-order chi connectivity index (χ0) is 16.7. The molecule has 2 rings (SSSR count). The van der Waals surface area contributed by atoms with E-state index in [0.29, 0.717) is 23.7 Å². The second-order valence-electron chi connectivity index (χ2n) is 6.12. The van der Waals surface area contributed by atoms with Gasteiger partial charge in [-0.1, -0.05) is 38.0 Å². The fourth-order valence-electron chi connectivity index (χ4n) is 2.67. The van der Waals surface area contributed by atoms with Crippen LogP contribution in [0.2, 0.25) is 0 Å². The number of halogens is 1. The lowest BCUT2D eigenvalue weighted by Crippen LogP contribution is -2.21. The third kappa shape index (κ3) is 5.50. The second kappa shape index (κ2) is 9.01. The van der Waals surface area contributed by atoms with Gasteiger partial charge in [-0.25, -0.2) is 0 Å². The molecule has 1 aliphatic carbocycles. The van der Waals surface area contributed by atoms with Crippen LogP contribution in [-0.2, 0) is 4.79 Å². The van der Waals surface area contributed by atoms with E-state index in [-0.39, 0.29) is 12.0 Å². The number of hydrogen-bond acceptors (Lipinski definition) is 3. The van der Waals surface area contributed by atoms with Crippen LogP contribution >= 0.6 is 11.8 Å². The Morgan fingerprint density at radius 3 is 2.50 bits per heavy atom. The summed E-state index contributed by atoms with van der Waals surface area (Å²) in [6, 6.07) is 0. The maximum absolute atomic E-state index is 11.4. The fourth-order valence-corrected chi connectivity index (χ4v) is 2.77. The normalized spacial score (nSPS) is 28.6. The predicted octanol–water partition coefficient (Wildman–Crippen LogP) is 3.19. The quantitative estimate of drug-likeness (QED) is 0.539. The molecule has 1 amide bonds. The van der Waals surface area contributed by atoms with Gasteiger partial charge in [0.2, 0.25) is 0 Å². The minimum Gasteiger partial charge on any atom is -0.393 e. The van der Waals surface area contributed by atoms with E-state index in [2.05, 4.69) is 23.7 Å². The van der Waals surface area contributed by atoms with Crippen LogP contribution in [-0.4, -0.2) is 23.7 Å². The Balaban J connectivity index is 0.000000255. The molecule has 2 fully saturated rings. The molecule has 22 heavy (non-hydrogen) atoms. The molecule has 1 aliphatic heterocycles. The number of aliphatic hydroxyl groups excluding tert-OH is 1. The van der Waals surface area contributed by atoms with Gasteiger partial charge in [0.15, 0.2) is 0 Å². The van der Waals surface area contributed by atoms with Crippen LogP contribution in [0.1, 0.15) is 46.5 Å². The van der Waals surface area contributed by atoms with Crippen molar-refractivity contribution >= 4 is 17.7 Å². The molecule has 0 bridgehead atoms. The first kappa shape index (κ1) is 18.8. The average Bonchev–Trinajstić information content (AvgIpc) is 2.82. The zero-order valence-corrected chi connectivity index (χ0v) is 14.5. The van der Waals surface area contributed by atoms with Crippen molar-refractivity contribution < 1.29 is 9.90 Å². The summed E-state index contributed by atoms with van der Waals surface area (Å²) < 4.78 is 0. The second-order valence-corrected chi connectivity index (χ2v) is 6.31. The van der Waals surface area contributed by atoms with Gasteiger partial charge in [0.1, 0.15) is 0 Å². The molecule has 4 nitrogen and oxygen atoms in total. The number of aliphatic hydroxyl groups is 1. The van der Waals surface area contributed by atoms with Crippen LogP contribution < -0.4 is 10.2 Å². The van der Waals surface area contributed by atoms with Gasteiger partial charge < -0.3 is 15.3 Å². The first-order valence-corrected chi connectivity index (χ1v) is 8.14. The third-order valence-electron chi connectivity index (χ3n) is 3.99. The first-order valence-electron chi connectivity index (χ1n) is 7.77. The summed E-state index contributed by atoms with van der Waals surface area (Å²) in [7, 11) is 0. The molecule has 0 aromatic rings. The highest BCUT2D eigenvalue weighted by atomic mass is 35.5. The van der Waals surface area contributed by atoms with E-state index in [0.717, 1.165) is 17.6 Å². The van der Waals surface area contributed by atoms with E-state index in [1.54, 1.807) is 6.92 Å².